The number of nitrogens with zero attached hydrogens (tertiary/aromatic N) is 6. The number of hydrogen-bond acceptors (Lipinski definition) is 5. The van der Waals surface area contributed by atoms with Gasteiger partial charge >= 0.3 is 6.18 Å². The Labute approximate surface area is 141 Å². The number of fused-ring (bicyclic) bond motifs is 3. The van der Waals surface area contributed by atoms with Gasteiger partial charge in [-0.3, -0.25) is 0 Å². The molecule has 6 nitrogen and oxygen atoms in total. The molecule has 1 aliphatic heterocycles. The lowest BCUT2D eigenvalue weighted by Gasteiger charge is -2.22. The van der Waals surface area contributed by atoms with E-state index in [1.54, 1.807) is 0 Å². The average Bonchev–Trinajstić information content (AvgIpc) is 2.96. The molecule has 4 rings (SSSR count). The van der Waals surface area contributed by atoms with Gasteiger partial charge in [0.1, 0.15) is 6.33 Å². The Bertz CT molecular complexity index is 919. The van der Waals surface area contributed by atoms with E-state index in [0.717, 1.165) is 44.7 Å². The van der Waals surface area contributed by atoms with Crippen LogP contribution in [0.15, 0.2) is 24.5 Å². The van der Waals surface area contributed by atoms with Gasteiger partial charge in [-0.05, 0) is 38.2 Å². The zero-order valence-corrected chi connectivity index (χ0v) is 13.7. The van der Waals surface area contributed by atoms with Crippen molar-refractivity contribution in [1.29, 1.82) is 0 Å². The molecule has 0 N–H and O–H groups in total. The first-order chi connectivity index (χ1) is 11.9. The van der Waals surface area contributed by atoms with Crippen LogP contribution in [-0.2, 0) is 6.18 Å². The maximum absolute atomic E-state index is 13.0. The SMILES string of the molecule is CN1CCCN(c2nc3ccc(C(F)(F)F)cc3c3ncnn23)CC1. The van der Waals surface area contributed by atoms with Crippen LogP contribution in [-0.4, -0.2) is 57.7 Å². The largest absolute Gasteiger partial charge is 0.416 e. The summed E-state index contributed by atoms with van der Waals surface area (Å²) >= 11 is 0. The molecular formula is C16H17F3N6. The third kappa shape index (κ3) is 2.88. The first-order valence-corrected chi connectivity index (χ1v) is 8.08. The summed E-state index contributed by atoms with van der Waals surface area (Å²) in [7, 11) is 2.07. The summed E-state index contributed by atoms with van der Waals surface area (Å²) in [6.45, 7) is 3.49. The summed E-state index contributed by atoms with van der Waals surface area (Å²) in [6.07, 6.45) is -2.07. The lowest BCUT2D eigenvalue weighted by atomic mass is 10.1. The fourth-order valence-electron chi connectivity index (χ4n) is 3.17. The normalized spacial score (nSPS) is 17.4. The van der Waals surface area contributed by atoms with E-state index in [1.165, 1.54) is 16.9 Å². The number of rotatable bonds is 1. The molecule has 0 saturated carbocycles. The minimum absolute atomic E-state index is 0.350. The van der Waals surface area contributed by atoms with E-state index in [2.05, 4.69) is 31.9 Å². The Morgan fingerprint density at radius 1 is 1.08 bits per heavy atom. The zero-order chi connectivity index (χ0) is 17.6. The molecule has 0 radical (unpaired) electrons. The van der Waals surface area contributed by atoms with E-state index >= 15 is 0 Å². The third-order valence-corrected chi connectivity index (χ3v) is 4.52. The minimum Gasteiger partial charge on any atom is -0.339 e. The van der Waals surface area contributed by atoms with Gasteiger partial charge < -0.3 is 9.80 Å². The quantitative estimate of drug-likeness (QED) is 0.675. The molecule has 1 fully saturated rings. The summed E-state index contributed by atoms with van der Waals surface area (Å²) < 4.78 is 40.6. The van der Waals surface area contributed by atoms with Crippen LogP contribution in [0.2, 0.25) is 0 Å². The van der Waals surface area contributed by atoms with Crippen molar-refractivity contribution in [2.24, 2.45) is 0 Å². The Balaban J connectivity index is 1.87. The molecule has 1 saturated heterocycles. The molecule has 0 unspecified atom stereocenters. The zero-order valence-electron chi connectivity index (χ0n) is 13.7. The lowest BCUT2D eigenvalue weighted by molar-refractivity contribution is -0.137. The summed E-state index contributed by atoms with van der Waals surface area (Å²) in [4.78, 5) is 13.1. The molecule has 9 heteroatoms. The molecule has 0 amide bonds. The summed E-state index contributed by atoms with van der Waals surface area (Å²) in [5.74, 6) is 0.620. The van der Waals surface area contributed by atoms with E-state index in [0.29, 0.717) is 22.5 Å². The number of hydrogen-bond donors (Lipinski definition) is 0. The summed E-state index contributed by atoms with van der Waals surface area (Å²) in [5, 5.41) is 4.54. The van der Waals surface area contributed by atoms with Crippen molar-refractivity contribution in [2.75, 3.05) is 38.1 Å². The van der Waals surface area contributed by atoms with Gasteiger partial charge in [-0.1, -0.05) is 0 Å². The van der Waals surface area contributed by atoms with Crippen molar-refractivity contribution in [2.45, 2.75) is 12.6 Å². The second kappa shape index (κ2) is 5.83. The fourth-order valence-corrected chi connectivity index (χ4v) is 3.17. The van der Waals surface area contributed by atoms with Gasteiger partial charge in [0.2, 0.25) is 5.95 Å². The van der Waals surface area contributed by atoms with Crippen LogP contribution in [0, 0.1) is 0 Å². The predicted molar refractivity (Wildman–Crippen MR) is 87.6 cm³/mol. The maximum atomic E-state index is 13.0. The van der Waals surface area contributed by atoms with Crippen LogP contribution in [0.5, 0.6) is 0 Å². The van der Waals surface area contributed by atoms with Crippen molar-refractivity contribution in [3.05, 3.63) is 30.1 Å². The van der Waals surface area contributed by atoms with Crippen LogP contribution < -0.4 is 4.90 Å². The minimum atomic E-state index is -4.40. The van der Waals surface area contributed by atoms with Gasteiger partial charge in [0, 0.05) is 25.0 Å². The summed E-state index contributed by atoms with van der Waals surface area (Å²) in [6, 6.07) is 3.55. The van der Waals surface area contributed by atoms with E-state index in [9.17, 15) is 13.2 Å². The highest BCUT2D eigenvalue weighted by Gasteiger charge is 2.31. The molecule has 25 heavy (non-hydrogen) atoms. The summed E-state index contributed by atoms with van der Waals surface area (Å²) in [5.41, 5.74) is 0.167. The van der Waals surface area contributed by atoms with Crippen molar-refractivity contribution in [1.82, 2.24) is 24.5 Å². The van der Waals surface area contributed by atoms with Crippen LogP contribution in [0.25, 0.3) is 16.6 Å². The first-order valence-electron chi connectivity index (χ1n) is 8.08. The number of likely N-dealkylation sites (N-methyl/N-ethyl adjacent to an activating group) is 1. The van der Waals surface area contributed by atoms with Gasteiger partial charge in [-0.25, -0.2) is 9.97 Å². The average molecular weight is 350 g/mol. The first kappa shape index (κ1) is 16.1. The van der Waals surface area contributed by atoms with Crippen molar-refractivity contribution >= 4 is 22.5 Å². The second-order valence-corrected chi connectivity index (χ2v) is 6.28. The number of alkyl halides is 3. The third-order valence-electron chi connectivity index (χ3n) is 4.52. The molecule has 2 aromatic heterocycles. The fraction of sp³-hybridized carbons (Fsp3) is 0.438. The van der Waals surface area contributed by atoms with E-state index < -0.39 is 11.7 Å². The highest BCUT2D eigenvalue weighted by Crippen LogP contribution is 2.32. The molecule has 0 aliphatic carbocycles. The van der Waals surface area contributed by atoms with Gasteiger partial charge in [-0.15, -0.1) is 0 Å². The van der Waals surface area contributed by atoms with Crippen molar-refractivity contribution < 1.29 is 13.2 Å². The maximum Gasteiger partial charge on any atom is 0.416 e. The number of halogens is 3. The lowest BCUT2D eigenvalue weighted by Crippen LogP contribution is -2.31. The Kier molecular flexibility index (Phi) is 3.75. The van der Waals surface area contributed by atoms with Crippen LogP contribution in [0.4, 0.5) is 19.1 Å². The van der Waals surface area contributed by atoms with Gasteiger partial charge in [0.05, 0.1) is 11.1 Å². The molecule has 0 spiro atoms. The predicted octanol–water partition coefficient (Wildman–Crippen LogP) is 2.44. The standard InChI is InChI=1S/C16H17F3N6/c1-23-5-2-6-24(8-7-23)15-22-13-4-3-11(16(17,18)19)9-12(13)14-20-10-21-25(14)15/h3-4,9-10H,2,5-8H2,1H3. The van der Waals surface area contributed by atoms with Crippen LogP contribution in [0.3, 0.4) is 0 Å². The van der Waals surface area contributed by atoms with E-state index in [-0.39, 0.29) is 0 Å². The van der Waals surface area contributed by atoms with Crippen LogP contribution >= 0.6 is 0 Å². The van der Waals surface area contributed by atoms with Gasteiger partial charge in [0.15, 0.2) is 5.65 Å². The molecular weight excluding hydrogens is 333 g/mol. The van der Waals surface area contributed by atoms with Crippen LogP contribution in [0.1, 0.15) is 12.0 Å². The van der Waals surface area contributed by atoms with Gasteiger partial charge in [-0.2, -0.15) is 22.8 Å². The topological polar surface area (TPSA) is 49.6 Å². The number of anilines is 1. The van der Waals surface area contributed by atoms with Crippen molar-refractivity contribution in [3.63, 3.8) is 0 Å². The highest BCUT2D eigenvalue weighted by molar-refractivity contribution is 5.92. The highest BCUT2D eigenvalue weighted by atomic mass is 19.4. The molecule has 0 bridgehead atoms. The number of benzene rings is 1. The van der Waals surface area contributed by atoms with E-state index in [4.69, 9.17) is 0 Å². The molecule has 1 aliphatic rings. The Morgan fingerprint density at radius 3 is 2.72 bits per heavy atom. The number of aromatic nitrogens is 4. The Hall–Kier alpha value is -2.42. The smallest absolute Gasteiger partial charge is 0.339 e. The Morgan fingerprint density at radius 2 is 1.92 bits per heavy atom. The monoisotopic (exact) mass is 350 g/mol. The molecule has 3 aromatic rings. The van der Waals surface area contributed by atoms with E-state index in [1.807, 2.05) is 0 Å². The molecule has 0 atom stereocenters. The van der Waals surface area contributed by atoms with Crippen molar-refractivity contribution in [3.8, 4) is 0 Å². The molecule has 132 valence electrons. The molecule has 1 aromatic carbocycles. The molecule has 3 heterocycles. The van der Waals surface area contributed by atoms with Gasteiger partial charge in [0.25, 0.3) is 0 Å². The second-order valence-electron chi connectivity index (χ2n) is 6.28.